The van der Waals surface area contributed by atoms with Crippen LogP contribution < -0.4 is 5.32 Å². The number of aliphatic hydroxyl groups excluding tert-OH is 1. The second-order valence-corrected chi connectivity index (χ2v) is 5.25. The molecule has 4 heteroatoms. The highest BCUT2D eigenvalue weighted by Crippen LogP contribution is 2.18. The van der Waals surface area contributed by atoms with Gasteiger partial charge < -0.3 is 10.4 Å². The highest BCUT2D eigenvalue weighted by Gasteiger charge is 2.09. The van der Waals surface area contributed by atoms with E-state index in [1.165, 1.54) is 0 Å². The average Bonchev–Trinajstić information content (AvgIpc) is 2.45. The third kappa shape index (κ3) is 5.35. The summed E-state index contributed by atoms with van der Waals surface area (Å²) in [6.07, 6.45) is 3.43. The van der Waals surface area contributed by atoms with Crippen molar-refractivity contribution in [2.24, 2.45) is 5.92 Å². The Morgan fingerprint density at radius 3 is 2.75 bits per heavy atom. The van der Waals surface area contributed by atoms with Crippen molar-refractivity contribution >= 4 is 23.6 Å². The largest absolute Gasteiger partial charge is 0.396 e. The summed E-state index contributed by atoms with van der Waals surface area (Å²) < 4.78 is 0. The molecule has 0 aliphatic heterocycles. The molecule has 3 nitrogen and oxygen atoms in total. The van der Waals surface area contributed by atoms with Crippen LogP contribution in [0.3, 0.4) is 0 Å². The zero-order valence-electron chi connectivity index (χ0n) is 12.0. The van der Waals surface area contributed by atoms with Gasteiger partial charge in [0.2, 0.25) is 5.91 Å². The van der Waals surface area contributed by atoms with Crippen molar-refractivity contribution in [1.29, 1.82) is 0 Å². The van der Waals surface area contributed by atoms with E-state index >= 15 is 0 Å². The number of benzene rings is 1. The Hall–Kier alpha value is -1.32. The summed E-state index contributed by atoms with van der Waals surface area (Å²) in [6, 6.07) is 7.42. The van der Waals surface area contributed by atoms with Gasteiger partial charge in [0.15, 0.2) is 0 Å². The number of halogens is 1. The van der Waals surface area contributed by atoms with Crippen LogP contribution in [0, 0.1) is 5.92 Å². The number of carbonyl (C=O) groups excluding carboxylic acids is 1. The summed E-state index contributed by atoms with van der Waals surface area (Å²) >= 11 is 6.06. The first-order valence-corrected chi connectivity index (χ1v) is 7.28. The van der Waals surface area contributed by atoms with Crippen molar-refractivity contribution in [3.05, 3.63) is 40.4 Å². The SMILES string of the molecule is CCC(CCO)CNC(=O)/C(C)=C/c1ccccc1Cl. The van der Waals surface area contributed by atoms with E-state index < -0.39 is 0 Å². The molecule has 110 valence electrons. The van der Waals surface area contributed by atoms with E-state index in [0.29, 0.717) is 29.5 Å². The molecule has 2 N–H and O–H groups in total. The van der Waals surface area contributed by atoms with Crippen LogP contribution in [0.25, 0.3) is 6.08 Å². The maximum atomic E-state index is 12.0. The summed E-state index contributed by atoms with van der Waals surface area (Å²) in [7, 11) is 0. The first-order valence-electron chi connectivity index (χ1n) is 6.90. The predicted octanol–water partition coefficient (Wildman–Crippen LogP) is 3.27. The van der Waals surface area contributed by atoms with E-state index in [-0.39, 0.29) is 12.5 Å². The van der Waals surface area contributed by atoms with Gasteiger partial charge in [-0.05, 0) is 37.0 Å². The predicted molar refractivity (Wildman–Crippen MR) is 83.6 cm³/mol. The van der Waals surface area contributed by atoms with E-state index in [2.05, 4.69) is 12.2 Å². The van der Waals surface area contributed by atoms with Gasteiger partial charge in [-0.3, -0.25) is 4.79 Å². The summed E-state index contributed by atoms with van der Waals surface area (Å²) in [5.74, 6) is 0.221. The fraction of sp³-hybridized carbons (Fsp3) is 0.438. The standard InChI is InChI=1S/C16H22ClNO2/c1-3-13(8-9-19)11-18-16(20)12(2)10-14-6-4-5-7-15(14)17/h4-7,10,13,19H,3,8-9,11H2,1-2H3,(H,18,20)/b12-10+. The zero-order valence-corrected chi connectivity index (χ0v) is 12.8. The normalized spacial score (nSPS) is 13.1. The molecule has 1 rings (SSSR count). The van der Waals surface area contributed by atoms with Crippen LogP contribution in [-0.2, 0) is 4.79 Å². The number of carbonyl (C=O) groups is 1. The number of hydrogen-bond acceptors (Lipinski definition) is 2. The summed E-state index contributed by atoms with van der Waals surface area (Å²) in [6.45, 7) is 4.57. The quantitative estimate of drug-likeness (QED) is 0.759. The molecule has 1 aromatic carbocycles. The van der Waals surface area contributed by atoms with Crippen LogP contribution >= 0.6 is 11.6 Å². The minimum absolute atomic E-state index is 0.0960. The molecule has 0 aliphatic rings. The Bertz CT molecular complexity index is 471. The molecule has 1 amide bonds. The molecule has 0 radical (unpaired) electrons. The molecule has 0 saturated carbocycles. The van der Waals surface area contributed by atoms with Gasteiger partial charge in [0.25, 0.3) is 0 Å². The number of rotatable bonds is 7. The lowest BCUT2D eigenvalue weighted by Crippen LogP contribution is -2.30. The van der Waals surface area contributed by atoms with Gasteiger partial charge in [-0.15, -0.1) is 0 Å². The first-order chi connectivity index (χ1) is 9.58. The lowest BCUT2D eigenvalue weighted by molar-refractivity contribution is -0.117. The van der Waals surface area contributed by atoms with Crippen LogP contribution in [0.1, 0.15) is 32.3 Å². The molecule has 0 bridgehead atoms. The Morgan fingerprint density at radius 1 is 1.45 bits per heavy atom. The van der Waals surface area contributed by atoms with Gasteiger partial charge in [0, 0.05) is 23.7 Å². The van der Waals surface area contributed by atoms with E-state index in [1.54, 1.807) is 19.1 Å². The molecule has 0 saturated heterocycles. The maximum absolute atomic E-state index is 12.0. The summed E-state index contributed by atoms with van der Waals surface area (Å²) in [4.78, 5) is 12.0. The Morgan fingerprint density at radius 2 is 2.15 bits per heavy atom. The number of nitrogens with one attached hydrogen (secondary N) is 1. The second kappa shape index (κ2) is 8.77. The van der Waals surface area contributed by atoms with Crippen LogP contribution in [0.2, 0.25) is 5.02 Å². The number of amides is 1. The van der Waals surface area contributed by atoms with Crippen LogP contribution in [-0.4, -0.2) is 24.2 Å². The highest BCUT2D eigenvalue weighted by atomic mass is 35.5. The van der Waals surface area contributed by atoms with Crippen molar-refractivity contribution < 1.29 is 9.90 Å². The Balaban J connectivity index is 2.61. The topological polar surface area (TPSA) is 49.3 Å². The molecule has 0 fully saturated rings. The highest BCUT2D eigenvalue weighted by molar-refractivity contribution is 6.32. The Labute approximate surface area is 125 Å². The number of aliphatic hydroxyl groups is 1. The molecule has 1 aromatic rings. The molecule has 0 aromatic heterocycles. The van der Waals surface area contributed by atoms with Crippen molar-refractivity contribution in [2.45, 2.75) is 26.7 Å². The molecular weight excluding hydrogens is 274 g/mol. The van der Waals surface area contributed by atoms with Gasteiger partial charge >= 0.3 is 0 Å². The zero-order chi connectivity index (χ0) is 15.0. The van der Waals surface area contributed by atoms with Crippen molar-refractivity contribution in [2.75, 3.05) is 13.2 Å². The fourth-order valence-electron chi connectivity index (χ4n) is 1.90. The fourth-order valence-corrected chi connectivity index (χ4v) is 2.09. The second-order valence-electron chi connectivity index (χ2n) is 4.85. The van der Waals surface area contributed by atoms with E-state index in [0.717, 1.165) is 12.0 Å². The van der Waals surface area contributed by atoms with Gasteiger partial charge in [0.05, 0.1) is 0 Å². The third-order valence-corrected chi connectivity index (χ3v) is 3.65. The monoisotopic (exact) mass is 295 g/mol. The first kappa shape index (κ1) is 16.7. The van der Waals surface area contributed by atoms with Crippen LogP contribution in [0.5, 0.6) is 0 Å². The molecule has 0 spiro atoms. The maximum Gasteiger partial charge on any atom is 0.246 e. The molecule has 1 unspecified atom stereocenters. The summed E-state index contributed by atoms with van der Waals surface area (Å²) in [5.41, 5.74) is 1.46. The van der Waals surface area contributed by atoms with Crippen LogP contribution in [0.15, 0.2) is 29.8 Å². The van der Waals surface area contributed by atoms with Gasteiger partial charge in [0.1, 0.15) is 0 Å². The van der Waals surface area contributed by atoms with E-state index in [9.17, 15) is 4.79 Å². The van der Waals surface area contributed by atoms with E-state index in [4.69, 9.17) is 16.7 Å². The molecule has 0 heterocycles. The number of hydrogen-bond donors (Lipinski definition) is 2. The van der Waals surface area contributed by atoms with Crippen LogP contribution in [0.4, 0.5) is 0 Å². The average molecular weight is 296 g/mol. The lowest BCUT2D eigenvalue weighted by Gasteiger charge is -2.14. The summed E-state index contributed by atoms with van der Waals surface area (Å²) in [5, 5.41) is 12.5. The molecule has 0 aliphatic carbocycles. The molecular formula is C16H22ClNO2. The lowest BCUT2D eigenvalue weighted by atomic mass is 10.0. The third-order valence-electron chi connectivity index (χ3n) is 3.30. The molecule has 1 atom stereocenters. The minimum Gasteiger partial charge on any atom is -0.396 e. The smallest absolute Gasteiger partial charge is 0.246 e. The van der Waals surface area contributed by atoms with Crippen molar-refractivity contribution in [1.82, 2.24) is 5.32 Å². The van der Waals surface area contributed by atoms with Crippen molar-refractivity contribution in [3.63, 3.8) is 0 Å². The van der Waals surface area contributed by atoms with Gasteiger partial charge in [-0.2, -0.15) is 0 Å². The van der Waals surface area contributed by atoms with Crippen molar-refractivity contribution in [3.8, 4) is 0 Å². The van der Waals surface area contributed by atoms with E-state index in [1.807, 2.05) is 18.2 Å². The Kier molecular flexibility index (Phi) is 7.34. The van der Waals surface area contributed by atoms with Gasteiger partial charge in [-0.1, -0.05) is 43.1 Å². The van der Waals surface area contributed by atoms with Gasteiger partial charge in [-0.25, -0.2) is 0 Å². The minimum atomic E-state index is -0.0960. The molecule has 20 heavy (non-hydrogen) atoms.